The third-order valence-corrected chi connectivity index (χ3v) is 5.95. The van der Waals surface area contributed by atoms with E-state index in [2.05, 4.69) is 48.1 Å². The summed E-state index contributed by atoms with van der Waals surface area (Å²) < 4.78 is 5.00. The summed E-state index contributed by atoms with van der Waals surface area (Å²) >= 11 is 1.77. The third-order valence-electron chi connectivity index (χ3n) is 5.31. The zero-order chi connectivity index (χ0) is 18.1. The van der Waals surface area contributed by atoms with E-state index in [1.165, 1.54) is 18.2 Å². The number of benzene rings is 1. The van der Waals surface area contributed by atoms with Crippen molar-refractivity contribution in [2.75, 3.05) is 38.8 Å². The third kappa shape index (κ3) is 6.01. The van der Waals surface area contributed by atoms with Crippen molar-refractivity contribution in [1.82, 2.24) is 10.6 Å². The summed E-state index contributed by atoms with van der Waals surface area (Å²) in [4.78, 5) is 12.1. The van der Waals surface area contributed by atoms with Crippen LogP contribution < -0.4 is 10.6 Å². The average Bonchev–Trinajstić information content (AvgIpc) is 2.64. The molecule has 0 spiro atoms. The molecule has 0 bridgehead atoms. The minimum absolute atomic E-state index is 0.144. The van der Waals surface area contributed by atoms with Gasteiger partial charge in [-0.3, -0.25) is 4.79 Å². The molecule has 1 saturated heterocycles. The van der Waals surface area contributed by atoms with Crippen molar-refractivity contribution < 1.29 is 9.53 Å². The number of ether oxygens (including phenoxy) is 1. The minimum atomic E-state index is -0.207. The first-order valence-corrected chi connectivity index (χ1v) is 10.5. The van der Waals surface area contributed by atoms with Gasteiger partial charge < -0.3 is 15.4 Å². The van der Waals surface area contributed by atoms with E-state index >= 15 is 0 Å². The second-order valence-corrected chi connectivity index (χ2v) is 8.08. The number of rotatable bonds is 9. The van der Waals surface area contributed by atoms with Crippen LogP contribution in [0, 0.1) is 12.3 Å². The number of aryl methyl sites for hydroxylation is 1. The van der Waals surface area contributed by atoms with E-state index in [0.717, 1.165) is 51.1 Å². The summed E-state index contributed by atoms with van der Waals surface area (Å²) in [5.41, 5.74) is 2.97. The second kappa shape index (κ2) is 10.2. The number of hydrogen-bond donors (Lipinski definition) is 2. The fraction of sp³-hybridized carbons (Fsp3) is 0.650. The van der Waals surface area contributed by atoms with Crippen LogP contribution in [0.25, 0.3) is 0 Å². The summed E-state index contributed by atoms with van der Waals surface area (Å²) in [6.07, 6.45) is 6.20. The van der Waals surface area contributed by atoms with E-state index < -0.39 is 0 Å². The van der Waals surface area contributed by atoms with Gasteiger partial charge in [0.05, 0.1) is 7.11 Å². The minimum Gasteiger partial charge on any atom is -0.468 e. The smallest absolute Gasteiger partial charge is 0.322 e. The van der Waals surface area contributed by atoms with E-state index in [-0.39, 0.29) is 17.4 Å². The molecular formula is C20H32N2O2S. The standard InChI is InChI=1S/C20H32N2O2S/c1-16-6-4-5-7-17(16)14-20(9-11-21-12-10-20)15-22-18(8-13-25-3)19(23)24-2/h4-7,18,21-22H,8-15H2,1-3H3/t18-/m0/s1. The Hall–Kier alpha value is -1.04. The lowest BCUT2D eigenvalue weighted by atomic mass is 9.73. The molecule has 1 fully saturated rings. The SMILES string of the molecule is COC(=O)[C@H](CCSC)NCC1(Cc2ccccc2C)CCNCC1. The van der Waals surface area contributed by atoms with E-state index in [1.54, 1.807) is 11.8 Å². The van der Waals surface area contributed by atoms with Crippen LogP contribution in [0.15, 0.2) is 24.3 Å². The van der Waals surface area contributed by atoms with Gasteiger partial charge in [-0.1, -0.05) is 24.3 Å². The van der Waals surface area contributed by atoms with Crippen LogP contribution in [0.1, 0.15) is 30.4 Å². The second-order valence-electron chi connectivity index (χ2n) is 7.09. The molecule has 1 aliphatic heterocycles. The van der Waals surface area contributed by atoms with E-state index in [9.17, 15) is 4.79 Å². The summed E-state index contributed by atoms with van der Waals surface area (Å²) in [7, 11) is 1.48. The van der Waals surface area contributed by atoms with Gasteiger partial charge in [-0.05, 0) is 74.2 Å². The van der Waals surface area contributed by atoms with E-state index in [0.29, 0.717) is 0 Å². The van der Waals surface area contributed by atoms with Crippen LogP contribution in [0.5, 0.6) is 0 Å². The van der Waals surface area contributed by atoms with Crippen LogP contribution in [0.2, 0.25) is 0 Å². The van der Waals surface area contributed by atoms with Crippen LogP contribution in [-0.4, -0.2) is 50.8 Å². The van der Waals surface area contributed by atoms with Gasteiger partial charge in [0.2, 0.25) is 0 Å². The molecule has 1 aromatic rings. The number of esters is 1. The van der Waals surface area contributed by atoms with Gasteiger partial charge in [0.25, 0.3) is 0 Å². The first kappa shape index (κ1) is 20.3. The van der Waals surface area contributed by atoms with Crippen molar-refractivity contribution in [2.45, 2.75) is 38.6 Å². The lowest BCUT2D eigenvalue weighted by Gasteiger charge is -2.39. The highest BCUT2D eigenvalue weighted by Gasteiger charge is 2.34. The molecule has 0 saturated carbocycles. The maximum absolute atomic E-state index is 12.1. The Morgan fingerprint density at radius 1 is 1.36 bits per heavy atom. The lowest BCUT2D eigenvalue weighted by Crippen LogP contribution is -2.49. The number of carbonyl (C=O) groups is 1. The number of thioether (sulfide) groups is 1. The van der Waals surface area contributed by atoms with Crippen LogP contribution in [-0.2, 0) is 16.0 Å². The summed E-state index contributed by atoms with van der Waals surface area (Å²) in [5.74, 6) is 0.813. The molecule has 140 valence electrons. The normalized spacial score (nSPS) is 17.9. The fourth-order valence-corrected chi connectivity index (χ4v) is 4.08. The fourth-order valence-electron chi connectivity index (χ4n) is 3.61. The number of nitrogens with one attached hydrogen (secondary N) is 2. The molecule has 2 N–H and O–H groups in total. The maximum Gasteiger partial charge on any atom is 0.322 e. The highest BCUT2D eigenvalue weighted by Crippen LogP contribution is 2.33. The number of hydrogen-bond acceptors (Lipinski definition) is 5. The van der Waals surface area contributed by atoms with Crippen molar-refractivity contribution in [1.29, 1.82) is 0 Å². The van der Waals surface area contributed by atoms with E-state index in [4.69, 9.17) is 4.74 Å². The van der Waals surface area contributed by atoms with Crippen molar-refractivity contribution >= 4 is 17.7 Å². The summed E-state index contributed by atoms with van der Waals surface area (Å²) in [6, 6.07) is 8.45. The first-order valence-electron chi connectivity index (χ1n) is 9.15. The molecule has 0 radical (unpaired) electrons. The van der Waals surface area contributed by atoms with Crippen molar-refractivity contribution in [3.8, 4) is 0 Å². The van der Waals surface area contributed by atoms with Gasteiger partial charge in [-0.2, -0.15) is 11.8 Å². The van der Waals surface area contributed by atoms with Crippen molar-refractivity contribution in [2.24, 2.45) is 5.41 Å². The van der Waals surface area contributed by atoms with Gasteiger partial charge in [0.1, 0.15) is 6.04 Å². The molecule has 1 heterocycles. The van der Waals surface area contributed by atoms with Gasteiger partial charge in [-0.25, -0.2) is 0 Å². The zero-order valence-corrected chi connectivity index (χ0v) is 16.6. The zero-order valence-electron chi connectivity index (χ0n) is 15.8. The monoisotopic (exact) mass is 364 g/mol. The Bertz CT molecular complexity index is 544. The molecule has 0 unspecified atom stereocenters. The summed E-state index contributed by atoms with van der Waals surface area (Å²) in [5, 5.41) is 7.01. The topological polar surface area (TPSA) is 50.4 Å². The maximum atomic E-state index is 12.1. The van der Waals surface area contributed by atoms with Gasteiger partial charge in [-0.15, -0.1) is 0 Å². The number of carbonyl (C=O) groups excluding carboxylic acids is 1. The number of methoxy groups -OCH3 is 1. The Labute approximate surface area is 156 Å². The Kier molecular flexibility index (Phi) is 8.27. The molecule has 2 rings (SSSR count). The lowest BCUT2D eigenvalue weighted by molar-refractivity contribution is -0.143. The first-order chi connectivity index (χ1) is 12.1. The number of piperidine rings is 1. The van der Waals surface area contributed by atoms with Crippen molar-refractivity contribution in [3.63, 3.8) is 0 Å². The van der Waals surface area contributed by atoms with Gasteiger partial charge >= 0.3 is 5.97 Å². The molecule has 1 aromatic carbocycles. The molecule has 25 heavy (non-hydrogen) atoms. The van der Waals surface area contributed by atoms with Gasteiger partial charge in [0.15, 0.2) is 0 Å². The highest BCUT2D eigenvalue weighted by molar-refractivity contribution is 7.98. The van der Waals surface area contributed by atoms with Gasteiger partial charge in [0, 0.05) is 6.54 Å². The molecular weight excluding hydrogens is 332 g/mol. The Morgan fingerprint density at radius 3 is 2.72 bits per heavy atom. The average molecular weight is 365 g/mol. The predicted molar refractivity (Wildman–Crippen MR) is 106 cm³/mol. The van der Waals surface area contributed by atoms with Crippen LogP contribution >= 0.6 is 11.8 Å². The molecule has 1 aliphatic rings. The van der Waals surface area contributed by atoms with E-state index in [1.807, 2.05) is 0 Å². The quantitative estimate of drug-likeness (QED) is 0.660. The predicted octanol–water partition coefficient (Wildman–Crippen LogP) is 2.79. The summed E-state index contributed by atoms with van der Waals surface area (Å²) in [6.45, 7) is 5.13. The molecule has 1 atom stereocenters. The molecule has 0 amide bonds. The largest absolute Gasteiger partial charge is 0.468 e. The molecule has 0 aromatic heterocycles. The van der Waals surface area contributed by atoms with Crippen LogP contribution in [0.3, 0.4) is 0 Å². The Balaban J connectivity index is 2.08. The van der Waals surface area contributed by atoms with Crippen molar-refractivity contribution in [3.05, 3.63) is 35.4 Å². The molecule has 5 heteroatoms. The highest BCUT2D eigenvalue weighted by atomic mass is 32.2. The van der Waals surface area contributed by atoms with Crippen LogP contribution in [0.4, 0.5) is 0 Å². The molecule has 0 aliphatic carbocycles. The molecule has 4 nitrogen and oxygen atoms in total. The Morgan fingerprint density at radius 2 is 2.08 bits per heavy atom.